The fourth-order valence-corrected chi connectivity index (χ4v) is 2.92. The van der Waals surface area contributed by atoms with Crippen LogP contribution in [0.4, 0.5) is 0 Å². The Morgan fingerprint density at radius 3 is 2.61 bits per heavy atom. The van der Waals surface area contributed by atoms with Crippen LogP contribution >= 0.6 is 0 Å². The van der Waals surface area contributed by atoms with E-state index in [4.69, 9.17) is 10.5 Å². The molecule has 0 saturated heterocycles. The molecule has 4 heteroatoms. The van der Waals surface area contributed by atoms with Gasteiger partial charge < -0.3 is 10.5 Å². The van der Waals surface area contributed by atoms with Crippen LogP contribution in [0.5, 0.6) is 5.75 Å². The van der Waals surface area contributed by atoms with Crippen molar-refractivity contribution in [2.24, 2.45) is 5.73 Å². The van der Waals surface area contributed by atoms with Crippen molar-refractivity contribution in [2.75, 3.05) is 12.4 Å². The molecule has 0 spiro atoms. The molecule has 102 valence electrons. The van der Waals surface area contributed by atoms with Gasteiger partial charge in [-0.1, -0.05) is 32.0 Å². The third-order valence-electron chi connectivity index (χ3n) is 2.99. The maximum atomic E-state index is 12.0. The predicted molar refractivity (Wildman–Crippen MR) is 77.3 cm³/mol. The van der Waals surface area contributed by atoms with Crippen LogP contribution in [0.15, 0.2) is 24.3 Å². The third kappa shape index (κ3) is 4.10. The van der Waals surface area contributed by atoms with Crippen LogP contribution in [-0.4, -0.2) is 21.8 Å². The number of nitrogens with two attached hydrogens (primary N) is 1. The van der Waals surface area contributed by atoms with Gasteiger partial charge in [0.05, 0.1) is 6.61 Å². The SMILES string of the molecule is CCOc1ccccc1C(N)CS(=O)C(C)CC. The van der Waals surface area contributed by atoms with Crippen LogP contribution in [0.3, 0.4) is 0 Å². The number of benzene rings is 1. The van der Waals surface area contributed by atoms with E-state index in [9.17, 15) is 4.21 Å². The standard InChI is InChI=1S/C14H23NO2S/c1-4-11(3)18(16)10-13(15)12-8-6-7-9-14(12)17-5-2/h6-9,11,13H,4-5,10,15H2,1-3H3. The van der Waals surface area contributed by atoms with E-state index in [1.54, 1.807) is 0 Å². The van der Waals surface area contributed by atoms with Gasteiger partial charge in [-0.3, -0.25) is 4.21 Å². The molecule has 0 bridgehead atoms. The Hall–Kier alpha value is -0.870. The summed E-state index contributed by atoms with van der Waals surface area (Å²) in [6.45, 7) is 6.59. The zero-order valence-corrected chi connectivity index (χ0v) is 12.2. The summed E-state index contributed by atoms with van der Waals surface area (Å²) in [4.78, 5) is 0. The van der Waals surface area contributed by atoms with E-state index < -0.39 is 10.8 Å². The highest BCUT2D eigenvalue weighted by Crippen LogP contribution is 2.24. The summed E-state index contributed by atoms with van der Waals surface area (Å²) in [5.74, 6) is 1.28. The minimum atomic E-state index is -0.888. The lowest BCUT2D eigenvalue weighted by atomic mass is 10.1. The molecule has 0 aliphatic heterocycles. The number of hydrogen-bond donors (Lipinski definition) is 1. The van der Waals surface area contributed by atoms with Gasteiger partial charge in [0, 0.05) is 33.4 Å². The first kappa shape index (κ1) is 15.2. The molecule has 3 nitrogen and oxygen atoms in total. The van der Waals surface area contributed by atoms with Crippen molar-refractivity contribution in [3.63, 3.8) is 0 Å². The maximum Gasteiger partial charge on any atom is 0.124 e. The average Bonchev–Trinajstić information content (AvgIpc) is 2.38. The highest BCUT2D eigenvalue weighted by molar-refractivity contribution is 7.85. The van der Waals surface area contributed by atoms with E-state index in [0.29, 0.717) is 12.4 Å². The molecule has 1 aromatic rings. The summed E-state index contributed by atoms with van der Waals surface area (Å²) in [7, 11) is -0.888. The molecule has 0 aliphatic rings. The van der Waals surface area contributed by atoms with Gasteiger partial charge in [0.2, 0.25) is 0 Å². The Kier molecular flexibility index (Phi) is 6.36. The Labute approximate surface area is 112 Å². The van der Waals surface area contributed by atoms with E-state index in [-0.39, 0.29) is 11.3 Å². The second-order valence-electron chi connectivity index (χ2n) is 4.34. The first-order chi connectivity index (χ1) is 8.60. The van der Waals surface area contributed by atoms with Crippen molar-refractivity contribution in [3.05, 3.63) is 29.8 Å². The zero-order valence-electron chi connectivity index (χ0n) is 11.4. The van der Waals surface area contributed by atoms with Gasteiger partial charge in [0.1, 0.15) is 5.75 Å². The number of ether oxygens (including phenoxy) is 1. The quantitative estimate of drug-likeness (QED) is 0.828. The van der Waals surface area contributed by atoms with Crippen molar-refractivity contribution in [1.82, 2.24) is 0 Å². The van der Waals surface area contributed by atoms with Gasteiger partial charge >= 0.3 is 0 Å². The molecule has 0 radical (unpaired) electrons. The molecule has 0 aliphatic carbocycles. The lowest BCUT2D eigenvalue weighted by molar-refractivity contribution is 0.335. The zero-order chi connectivity index (χ0) is 13.5. The van der Waals surface area contributed by atoms with E-state index in [1.807, 2.05) is 45.0 Å². The van der Waals surface area contributed by atoms with E-state index in [2.05, 4.69) is 0 Å². The number of rotatable bonds is 7. The molecule has 0 aromatic heterocycles. The molecule has 18 heavy (non-hydrogen) atoms. The Balaban J connectivity index is 2.77. The summed E-state index contributed by atoms with van der Waals surface area (Å²) in [5, 5.41) is 0.190. The van der Waals surface area contributed by atoms with Crippen molar-refractivity contribution < 1.29 is 8.95 Å². The lowest BCUT2D eigenvalue weighted by Gasteiger charge is -2.18. The van der Waals surface area contributed by atoms with Crippen LogP contribution in [-0.2, 0) is 10.8 Å². The highest BCUT2D eigenvalue weighted by atomic mass is 32.2. The van der Waals surface area contributed by atoms with Crippen molar-refractivity contribution in [3.8, 4) is 5.75 Å². The van der Waals surface area contributed by atoms with Crippen LogP contribution in [0.25, 0.3) is 0 Å². The summed E-state index contributed by atoms with van der Waals surface area (Å²) in [6, 6.07) is 7.48. The Bertz CT molecular complexity index is 395. The van der Waals surface area contributed by atoms with Crippen LogP contribution in [0.1, 0.15) is 38.8 Å². The first-order valence-electron chi connectivity index (χ1n) is 6.44. The average molecular weight is 269 g/mol. The van der Waals surface area contributed by atoms with Crippen LogP contribution in [0, 0.1) is 0 Å². The molecule has 0 fully saturated rings. The van der Waals surface area contributed by atoms with Gasteiger partial charge in [0.15, 0.2) is 0 Å². The molecule has 1 rings (SSSR count). The lowest BCUT2D eigenvalue weighted by Crippen LogP contribution is -2.23. The van der Waals surface area contributed by atoms with Gasteiger partial charge in [-0.2, -0.15) is 0 Å². The van der Waals surface area contributed by atoms with Gasteiger partial charge in [-0.25, -0.2) is 0 Å². The molecule has 3 atom stereocenters. The summed E-state index contributed by atoms with van der Waals surface area (Å²) in [6.07, 6.45) is 0.909. The second kappa shape index (κ2) is 7.54. The van der Waals surface area contributed by atoms with Crippen molar-refractivity contribution in [1.29, 1.82) is 0 Å². The summed E-state index contributed by atoms with van der Waals surface area (Å²) >= 11 is 0. The summed E-state index contributed by atoms with van der Waals surface area (Å²) in [5.41, 5.74) is 7.09. The Morgan fingerprint density at radius 2 is 2.00 bits per heavy atom. The molecule has 0 amide bonds. The summed E-state index contributed by atoms with van der Waals surface area (Å²) < 4.78 is 17.6. The van der Waals surface area contributed by atoms with E-state index in [1.165, 1.54) is 0 Å². The van der Waals surface area contributed by atoms with Crippen molar-refractivity contribution in [2.45, 2.75) is 38.5 Å². The van der Waals surface area contributed by atoms with Gasteiger partial charge in [0.25, 0.3) is 0 Å². The molecule has 3 unspecified atom stereocenters. The highest BCUT2D eigenvalue weighted by Gasteiger charge is 2.17. The smallest absolute Gasteiger partial charge is 0.124 e. The molecular weight excluding hydrogens is 246 g/mol. The van der Waals surface area contributed by atoms with Crippen LogP contribution in [0.2, 0.25) is 0 Å². The minimum absolute atomic E-state index is 0.190. The molecule has 0 saturated carbocycles. The Morgan fingerprint density at radius 1 is 1.33 bits per heavy atom. The fourth-order valence-electron chi connectivity index (χ4n) is 1.69. The van der Waals surface area contributed by atoms with Crippen molar-refractivity contribution >= 4 is 10.8 Å². The van der Waals surface area contributed by atoms with Gasteiger partial charge in [-0.15, -0.1) is 0 Å². The first-order valence-corrected chi connectivity index (χ1v) is 7.82. The van der Waals surface area contributed by atoms with Crippen LogP contribution < -0.4 is 10.5 Å². The van der Waals surface area contributed by atoms with E-state index >= 15 is 0 Å². The second-order valence-corrected chi connectivity index (χ2v) is 6.24. The molecule has 2 N–H and O–H groups in total. The monoisotopic (exact) mass is 269 g/mol. The van der Waals surface area contributed by atoms with E-state index in [0.717, 1.165) is 17.7 Å². The predicted octanol–water partition coefficient (Wildman–Crippen LogP) is 2.63. The third-order valence-corrected chi connectivity index (χ3v) is 4.90. The molecule has 0 heterocycles. The van der Waals surface area contributed by atoms with Gasteiger partial charge in [-0.05, 0) is 19.4 Å². The maximum absolute atomic E-state index is 12.0. The molecule has 1 aromatic carbocycles. The normalized spacial score (nSPS) is 16.0. The largest absolute Gasteiger partial charge is 0.494 e. The topological polar surface area (TPSA) is 52.3 Å². The fraction of sp³-hybridized carbons (Fsp3) is 0.571. The number of hydrogen-bond acceptors (Lipinski definition) is 3. The number of para-hydroxylation sites is 1. The molecular formula is C14H23NO2S. The minimum Gasteiger partial charge on any atom is -0.494 e.